The first-order chi connectivity index (χ1) is 8.81. The number of fused-ring (bicyclic) bond motifs is 1. The van der Waals surface area contributed by atoms with Gasteiger partial charge in [-0.3, -0.25) is 0 Å². The summed E-state index contributed by atoms with van der Waals surface area (Å²) in [5.41, 5.74) is 3.96. The van der Waals surface area contributed by atoms with Crippen LogP contribution in [0.2, 0.25) is 0 Å². The quantitative estimate of drug-likeness (QED) is 0.786. The molecule has 0 heterocycles. The first kappa shape index (κ1) is 15.2. The standard InChI is InChI=1S/C10H12O.C6H15N/c11-7-8-4-5-9-2-1-3-10(9)6-8;1-3-5-7-6-4-2/h4-6,11H,1-3,7H2;7H,3-6H2,1-2H3. The van der Waals surface area contributed by atoms with Crippen LogP contribution >= 0.6 is 0 Å². The second-order valence-corrected chi connectivity index (χ2v) is 4.86. The zero-order chi connectivity index (χ0) is 13.2. The number of aliphatic hydroxyl groups excluding tert-OH is 1. The SMILES string of the molecule is CCCNCCC.OCc1ccc2c(c1)CCC2. The molecular formula is C16H27NO. The zero-order valence-electron chi connectivity index (χ0n) is 11.8. The average molecular weight is 249 g/mol. The lowest BCUT2D eigenvalue weighted by Gasteiger charge is -2.00. The molecule has 2 N–H and O–H groups in total. The maximum absolute atomic E-state index is 8.87. The van der Waals surface area contributed by atoms with Crippen LogP contribution in [0.3, 0.4) is 0 Å². The molecule has 2 heteroatoms. The molecule has 0 atom stereocenters. The topological polar surface area (TPSA) is 32.3 Å². The van der Waals surface area contributed by atoms with Gasteiger partial charge in [-0.15, -0.1) is 0 Å². The molecule has 0 saturated heterocycles. The van der Waals surface area contributed by atoms with Crippen molar-refractivity contribution >= 4 is 0 Å². The Bertz CT molecular complexity index is 332. The lowest BCUT2D eigenvalue weighted by Crippen LogP contribution is -2.14. The highest BCUT2D eigenvalue weighted by Gasteiger charge is 2.09. The molecule has 0 aromatic heterocycles. The summed E-state index contributed by atoms with van der Waals surface area (Å²) in [6, 6.07) is 6.29. The Balaban J connectivity index is 0.000000203. The average Bonchev–Trinajstić information content (AvgIpc) is 2.87. The van der Waals surface area contributed by atoms with Crippen molar-refractivity contribution < 1.29 is 5.11 Å². The predicted molar refractivity (Wildman–Crippen MR) is 77.8 cm³/mol. The third kappa shape index (κ3) is 5.19. The summed E-state index contributed by atoms with van der Waals surface area (Å²) in [6.07, 6.45) is 6.20. The van der Waals surface area contributed by atoms with Crippen molar-refractivity contribution in [3.05, 3.63) is 34.9 Å². The Labute approximate surface area is 111 Å². The van der Waals surface area contributed by atoms with Crippen molar-refractivity contribution in [2.45, 2.75) is 52.6 Å². The third-order valence-electron chi connectivity index (χ3n) is 3.20. The maximum atomic E-state index is 8.87. The highest BCUT2D eigenvalue weighted by Crippen LogP contribution is 2.22. The molecule has 18 heavy (non-hydrogen) atoms. The number of hydrogen-bond acceptors (Lipinski definition) is 2. The second-order valence-electron chi connectivity index (χ2n) is 4.86. The predicted octanol–water partition coefficient (Wildman–Crippen LogP) is 3.06. The Morgan fingerprint density at radius 2 is 1.72 bits per heavy atom. The van der Waals surface area contributed by atoms with Gasteiger partial charge in [-0.05, 0) is 61.9 Å². The molecule has 1 aromatic rings. The lowest BCUT2D eigenvalue weighted by molar-refractivity contribution is 0.281. The summed E-state index contributed by atoms with van der Waals surface area (Å²) in [5.74, 6) is 0. The molecule has 1 aliphatic rings. The van der Waals surface area contributed by atoms with Gasteiger partial charge in [0.2, 0.25) is 0 Å². The largest absolute Gasteiger partial charge is 0.392 e. The summed E-state index contributed by atoms with van der Waals surface area (Å²) in [5, 5.41) is 12.2. The Kier molecular flexibility index (Phi) is 7.70. The Morgan fingerprint density at radius 3 is 2.33 bits per heavy atom. The maximum Gasteiger partial charge on any atom is 0.0681 e. The van der Waals surface area contributed by atoms with Crippen LogP contribution in [0.5, 0.6) is 0 Å². The van der Waals surface area contributed by atoms with E-state index >= 15 is 0 Å². The highest BCUT2D eigenvalue weighted by molar-refractivity contribution is 5.34. The zero-order valence-corrected chi connectivity index (χ0v) is 11.8. The number of aliphatic hydroxyl groups is 1. The number of benzene rings is 1. The van der Waals surface area contributed by atoms with Crippen molar-refractivity contribution in [3.8, 4) is 0 Å². The Hall–Kier alpha value is -0.860. The van der Waals surface area contributed by atoms with Gasteiger partial charge in [0.15, 0.2) is 0 Å². The fraction of sp³-hybridized carbons (Fsp3) is 0.625. The van der Waals surface area contributed by atoms with Crippen molar-refractivity contribution in [1.29, 1.82) is 0 Å². The van der Waals surface area contributed by atoms with Gasteiger partial charge in [-0.2, -0.15) is 0 Å². The van der Waals surface area contributed by atoms with E-state index in [0.29, 0.717) is 0 Å². The van der Waals surface area contributed by atoms with E-state index in [0.717, 1.165) is 5.56 Å². The van der Waals surface area contributed by atoms with E-state index in [4.69, 9.17) is 5.11 Å². The molecule has 0 spiro atoms. The fourth-order valence-electron chi connectivity index (χ4n) is 2.20. The van der Waals surface area contributed by atoms with E-state index in [2.05, 4.69) is 31.3 Å². The van der Waals surface area contributed by atoms with Gasteiger partial charge in [-0.25, -0.2) is 0 Å². The van der Waals surface area contributed by atoms with E-state index in [1.54, 1.807) is 0 Å². The smallest absolute Gasteiger partial charge is 0.0681 e. The number of hydrogen-bond donors (Lipinski definition) is 2. The van der Waals surface area contributed by atoms with Gasteiger partial charge in [0, 0.05) is 0 Å². The van der Waals surface area contributed by atoms with Crippen LogP contribution in [0.1, 0.15) is 49.8 Å². The van der Waals surface area contributed by atoms with Crippen LogP contribution in [0.15, 0.2) is 18.2 Å². The van der Waals surface area contributed by atoms with Gasteiger partial charge in [0.1, 0.15) is 0 Å². The monoisotopic (exact) mass is 249 g/mol. The molecular weight excluding hydrogens is 222 g/mol. The number of rotatable bonds is 5. The van der Waals surface area contributed by atoms with Gasteiger partial charge in [0.05, 0.1) is 6.61 Å². The van der Waals surface area contributed by atoms with E-state index in [9.17, 15) is 0 Å². The minimum absolute atomic E-state index is 0.174. The van der Waals surface area contributed by atoms with Crippen molar-refractivity contribution in [3.63, 3.8) is 0 Å². The normalized spacial score (nSPS) is 12.8. The second kappa shape index (κ2) is 9.12. The van der Waals surface area contributed by atoms with Crippen LogP contribution in [-0.2, 0) is 19.4 Å². The molecule has 0 aliphatic heterocycles. The summed E-state index contributed by atoms with van der Waals surface area (Å²) < 4.78 is 0. The molecule has 0 unspecified atom stereocenters. The summed E-state index contributed by atoms with van der Waals surface area (Å²) in [6.45, 7) is 6.89. The van der Waals surface area contributed by atoms with Crippen molar-refractivity contribution in [1.82, 2.24) is 5.32 Å². The van der Waals surface area contributed by atoms with Crippen LogP contribution in [0.25, 0.3) is 0 Å². The molecule has 102 valence electrons. The van der Waals surface area contributed by atoms with Gasteiger partial charge >= 0.3 is 0 Å². The minimum atomic E-state index is 0.174. The minimum Gasteiger partial charge on any atom is -0.392 e. The molecule has 0 amide bonds. The van der Waals surface area contributed by atoms with Crippen molar-refractivity contribution in [2.75, 3.05) is 13.1 Å². The molecule has 1 aromatic carbocycles. The van der Waals surface area contributed by atoms with E-state index in [1.807, 2.05) is 6.07 Å². The van der Waals surface area contributed by atoms with E-state index < -0.39 is 0 Å². The molecule has 2 rings (SSSR count). The third-order valence-corrected chi connectivity index (χ3v) is 3.20. The summed E-state index contributed by atoms with van der Waals surface area (Å²) in [4.78, 5) is 0. The summed E-state index contributed by atoms with van der Waals surface area (Å²) >= 11 is 0. The first-order valence-electron chi connectivity index (χ1n) is 7.24. The van der Waals surface area contributed by atoms with Crippen LogP contribution in [0, 0.1) is 0 Å². The van der Waals surface area contributed by atoms with E-state index in [1.165, 1.54) is 56.3 Å². The van der Waals surface area contributed by atoms with Gasteiger partial charge in [0.25, 0.3) is 0 Å². The molecule has 0 fully saturated rings. The number of aryl methyl sites for hydroxylation is 2. The first-order valence-corrected chi connectivity index (χ1v) is 7.24. The highest BCUT2D eigenvalue weighted by atomic mass is 16.3. The lowest BCUT2D eigenvalue weighted by atomic mass is 10.1. The number of nitrogens with one attached hydrogen (secondary N) is 1. The van der Waals surface area contributed by atoms with Gasteiger partial charge < -0.3 is 10.4 Å². The molecule has 0 radical (unpaired) electrons. The molecule has 1 aliphatic carbocycles. The molecule has 0 bridgehead atoms. The van der Waals surface area contributed by atoms with Crippen LogP contribution in [-0.4, -0.2) is 18.2 Å². The van der Waals surface area contributed by atoms with Crippen LogP contribution < -0.4 is 5.32 Å². The van der Waals surface area contributed by atoms with E-state index in [-0.39, 0.29) is 6.61 Å². The van der Waals surface area contributed by atoms with Crippen LogP contribution in [0.4, 0.5) is 0 Å². The van der Waals surface area contributed by atoms with Gasteiger partial charge in [-0.1, -0.05) is 32.0 Å². The Morgan fingerprint density at radius 1 is 1.06 bits per heavy atom. The molecule has 0 saturated carbocycles. The fourth-order valence-corrected chi connectivity index (χ4v) is 2.20. The molecule has 2 nitrogen and oxygen atoms in total. The van der Waals surface area contributed by atoms with Crippen molar-refractivity contribution in [2.24, 2.45) is 0 Å². The summed E-state index contributed by atoms with van der Waals surface area (Å²) in [7, 11) is 0.